The highest BCUT2D eigenvalue weighted by Gasteiger charge is 2.32. The average molecular weight is 261 g/mol. The van der Waals surface area contributed by atoms with Gasteiger partial charge >= 0.3 is 6.18 Å². The van der Waals surface area contributed by atoms with Crippen molar-refractivity contribution in [1.29, 1.82) is 0 Å². The van der Waals surface area contributed by atoms with E-state index in [4.69, 9.17) is 5.73 Å². The molecule has 1 heterocycles. The Morgan fingerprint density at radius 1 is 1.33 bits per heavy atom. The molecule has 1 unspecified atom stereocenters. The molecule has 1 aromatic rings. The van der Waals surface area contributed by atoms with Crippen LogP contribution < -0.4 is 5.73 Å². The Balaban J connectivity index is 1.94. The molecule has 0 bridgehead atoms. The van der Waals surface area contributed by atoms with Gasteiger partial charge in [-0.15, -0.1) is 0 Å². The van der Waals surface area contributed by atoms with Crippen molar-refractivity contribution in [2.24, 2.45) is 11.7 Å². The summed E-state index contributed by atoms with van der Waals surface area (Å²) in [5, 5.41) is 3.73. The first kappa shape index (κ1) is 13.4. The van der Waals surface area contributed by atoms with Crippen molar-refractivity contribution in [2.45, 2.75) is 50.9 Å². The summed E-state index contributed by atoms with van der Waals surface area (Å²) >= 11 is 0. The van der Waals surface area contributed by atoms with E-state index in [1.165, 1.54) is 23.9 Å². The van der Waals surface area contributed by atoms with Gasteiger partial charge in [0.2, 0.25) is 0 Å². The maximum atomic E-state index is 12.4. The average Bonchev–Trinajstić information content (AvgIpc) is 2.78. The second-order valence-electron chi connectivity index (χ2n) is 5.01. The third-order valence-corrected chi connectivity index (χ3v) is 3.61. The Bertz CT molecular complexity index is 380. The molecule has 102 valence electrons. The maximum absolute atomic E-state index is 12.4. The molecular formula is C12H18F3N3. The van der Waals surface area contributed by atoms with Gasteiger partial charge in [-0.2, -0.15) is 18.3 Å². The second-order valence-corrected chi connectivity index (χ2v) is 5.01. The Labute approximate surface area is 104 Å². The molecular weight excluding hydrogens is 243 g/mol. The zero-order valence-corrected chi connectivity index (χ0v) is 10.2. The topological polar surface area (TPSA) is 43.8 Å². The van der Waals surface area contributed by atoms with Crippen LogP contribution in [0.2, 0.25) is 0 Å². The van der Waals surface area contributed by atoms with Gasteiger partial charge in [-0.1, -0.05) is 19.3 Å². The molecule has 1 aromatic heterocycles. The lowest BCUT2D eigenvalue weighted by molar-refractivity contribution is -0.137. The van der Waals surface area contributed by atoms with Crippen molar-refractivity contribution in [3.8, 4) is 0 Å². The molecule has 0 spiro atoms. The first-order valence-corrected chi connectivity index (χ1v) is 6.32. The molecule has 2 N–H and O–H groups in total. The van der Waals surface area contributed by atoms with E-state index in [2.05, 4.69) is 5.10 Å². The molecule has 1 aliphatic carbocycles. The maximum Gasteiger partial charge on any atom is 0.419 e. The summed E-state index contributed by atoms with van der Waals surface area (Å²) in [6.45, 7) is 0.362. The van der Waals surface area contributed by atoms with Gasteiger partial charge in [-0.25, -0.2) is 0 Å². The minimum atomic E-state index is -4.33. The van der Waals surface area contributed by atoms with Crippen LogP contribution in [0, 0.1) is 5.92 Å². The molecule has 1 atom stereocenters. The zero-order chi connectivity index (χ0) is 13.2. The van der Waals surface area contributed by atoms with E-state index in [-0.39, 0.29) is 6.04 Å². The number of halogens is 3. The molecule has 0 saturated heterocycles. The molecule has 0 amide bonds. The fourth-order valence-electron chi connectivity index (χ4n) is 2.54. The van der Waals surface area contributed by atoms with E-state index >= 15 is 0 Å². The van der Waals surface area contributed by atoms with E-state index in [1.54, 1.807) is 0 Å². The monoisotopic (exact) mass is 261 g/mol. The van der Waals surface area contributed by atoms with E-state index in [9.17, 15) is 13.2 Å². The molecule has 6 heteroatoms. The predicted octanol–water partition coefficient (Wildman–Crippen LogP) is 2.81. The minimum absolute atomic E-state index is 0.105. The number of hydrogen-bond acceptors (Lipinski definition) is 2. The van der Waals surface area contributed by atoms with Crippen molar-refractivity contribution in [3.05, 3.63) is 18.0 Å². The number of nitrogens with zero attached hydrogens (tertiary/aromatic N) is 2. The van der Waals surface area contributed by atoms with Crippen molar-refractivity contribution < 1.29 is 13.2 Å². The molecule has 0 radical (unpaired) electrons. The zero-order valence-electron chi connectivity index (χ0n) is 10.2. The molecule has 2 rings (SSSR count). The number of alkyl halides is 3. The smallest absolute Gasteiger partial charge is 0.326 e. The molecule has 1 saturated carbocycles. The minimum Gasteiger partial charge on any atom is -0.326 e. The summed E-state index contributed by atoms with van der Waals surface area (Å²) in [5.74, 6) is 0.414. The van der Waals surface area contributed by atoms with Crippen LogP contribution in [0.1, 0.15) is 37.7 Å². The first-order chi connectivity index (χ1) is 8.47. The van der Waals surface area contributed by atoms with E-state index in [0.717, 1.165) is 25.2 Å². The van der Waals surface area contributed by atoms with Gasteiger partial charge in [-0.05, 0) is 18.8 Å². The van der Waals surface area contributed by atoms with Crippen LogP contribution in [0.5, 0.6) is 0 Å². The highest BCUT2D eigenvalue weighted by Crippen LogP contribution is 2.29. The lowest BCUT2D eigenvalue weighted by Crippen LogP contribution is -2.35. The van der Waals surface area contributed by atoms with Crippen LogP contribution in [-0.2, 0) is 12.7 Å². The van der Waals surface area contributed by atoms with Crippen LogP contribution in [-0.4, -0.2) is 15.8 Å². The van der Waals surface area contributed by atoms with Gasteiger partial charge in [0.1, 0.15) is 0 Å². The third-order valence-electron chi connectivity index (χ3n) is 3.61. The van der Waals surface area contributed by atoms with Crippen molar-refractivity contribution in [3.63, 3.8) is 0 Å². The Kier molecular flexibility index (Phi) is 3.94. The summed E-state index contributed by atoms with van der Waals surface area (Å²) in [6.07, 6.45) is 3.30. The van der Waals surface area contributed by atoms with Crippen LogP contribution in [0.3, 0.4) is 0 Å². The summed E-state index contributed by atoms with van der Waals surface area (Å²) in [6, 6.07) is -0.105. The Morgan fingerprint density at radius 2 is 2.00 bits per heavy atom. The largest absolute Gasteiger partial charge is 0.419 e. The van der Waals surface area contributed by atoms with E-state index in [0.29, 0.717) is 12.5 Å². The lowest BCUT2D eigenvalue weighted by atomic mass is 9.84. The van der Waals surface area contributed by atoms with Crippen LogP contribution >= 0.6 is 0 Å². The summed E-state index contributed by atoms with van der Waals surface area (Å²) in [4.78, 5) is 0. The molecule has 0 aromatic carbocycles. The van der Waals surface area contributed by atoms with Crippen LogP contribution in [0.25, 0.3) is 0 Å². The van der Waals surface area contributed by atoms with Crippen molar-refractivity contribution in [1.82, 2.24) is 9.78 Å². The van der Waals surface area contributed by atoms with Crippen molar-refractivity contribution in [2.75, 3.05) is 0 Å². The first-order valence-electron chi connectivity index (χ1n) is 6.32. The number of rotatable bonds is 3. The van der Waals surface area contributed by atoms with Gasteiger partial charge < -0.3 is 5.73 Å². The molecule has 3 nitrogen and oxygen atoms in total. The summed E-state index contributed by atoms with van der Waals surface area (Å²) in [5.41, 5.74) is 5.35. The lowest BCUT2D eigenvalue weighted by Gasteiger charge is -2.27. The number of nitrogens with two attached hydrogens (primary N) is 1. The number of hydrogen-bond donors (Lipinski definition) is 1. The van der Waals surface area contributed by atoms with Crippen molar-refractivity contribution >= 4 is 0 Å². The van der Waals surface area contributed by atoms with E-state index in [1.807, 2.05) is 0 Å². The predicted molar refractivity (Wildman–Crippen MR) is 61.8 cm³/mol. The highest BCUT2D eigenvalue weighted by atomic mass is 19.4. The number of aromatic nitrogens is 2. The third kappa shape index (κ3) is 3.25. The van der Waals surface area contributed by atoms with Gasteiger partial charge in [0, 0.05) is 12.2 Å². The summed E-state index contributed by atoms with van der Waals surface area (Å²) < 4.78 is 38.5. The second kappa shape index (κ2) is 5.30. The Hall–Kier alpha value is -1.04. The Morgan fingerprint density at radius 3 is 2.56 bits per heavy atom. The van der Waals surface area contributed by atoms with E-state index < -0.39 is 11.7 Å². The molecule has 0 aliphatic heterocycles. The highest BCUT2D eigenvalue weighted by molar-refractivity contribution is 5.08. The van der Waals surface area contributed by atoms with Gasteiger partial charge in [0.25, 0.3) is 0 Å². The summed E-state index contributed by atoms with van der Waals surface area (Å²) in [7, 11) is 0. The molecule has 18 heavy (non-hydrogen) atoms. The van der Waals surface area contributed by atoms with Crippen LogP contribution in [0.4, 0.5) is 13.2 Å². The normalized spacial score (nSPS) is 20.0. The fraction of sp³-hybridized carbons (Fsp3) is 0.750. The fourth-order valence-corrected chi connectivity index (χ4v) is 2.54. The SMILES string of the molecule is NC(Cn1cc(C(F)(F)F)cn1)C1CCCCC1. The van der Waals surface area contributed by atoms with Gasteiger partial charge in [0.05, 0.1) is 18.3 Å². The van der Waals surface area contributed by atoms with Gasteiger partial charge in [0.15, 0.2) is 0 Å². The quantitative estimate of drug-likeness (QED) is 0.909. The molecule has 1 fully saturated rings. The molecule has 1 aliphatic rings. The van der Waals surface area contributed by atoms with Crippen LogP contribution in [0.15, 0.2) is 12.4 Å². The standard InChI is InChI=1S/C12H18F3N3/c13-12(14,15)10-6-17-18(7-10)8-11(16)9-4-2-1-3-5-9/h6-7,9,11H,1-5,8,16H2. The van der Waals surface area contributed by atoms with Gasteiger partial charge in [-0.3, -0.25) is 4.68 Å².